The number of rotatable bonds is 9. The van der Waals surface area contributed by atoms with Crippen molar-refractivity contribution in [1.82, 2.24) is 0 Å². The summed E-state index contributed by atoms with van der Waals surface area (Å²) in [4.78, 5) is 24.2. The van der Waals surface area contributed by atoms with Gasteiger partial charge in [0.25, 0.3) is 0 Å². The zero-order chi connectivity index (χ0) is 20.5. The predicted octanol–water partition coefficient (Wildman–Crippen LogP) is 5.45. The van der Waals surface area contributed by atoms with Crippen molar-refractivity contribution in [1.29, 1.82) is 0 Å². The number of ether oxygens (including phenoxy) is 2. The topological polar surface area (TPSA) is 52.6 Å². The van der Waals surface area contributed by atoms with Crippen LogP contribution in [0.4, 0.5) is 0 Å². The van der Waals surface area contributed by atoms with Gasteiger partial charge >= 0.3 is 11.9 Å². The van der Waals surface area contributed by atoms with Gasteiger partial charge in [0.05, 0.1) is 6.61 Å². The van der Waals surface area contributed by atoms with Crippen LogP contribution in [0.15, 0.2) is 12.2 Å². The molecule has 3 unspecified atom stereocenters. The highest BCUT2D eigenvalue weighted by atomic mass is 16.6. The van der Waals surface area contributed by atoms with E-state index in [1.165, 1.54) is 32.1 Å². The summed E-state index contributed by atoms with van der Waals surface area (Å²) in [6.07, 6.45) is 9.10. The fourth-order valence-corrected chi connectivity index (χ4v) is 6.69. The van der Waals surface area contributed by atoms with Gasteiger partial charge in [0.2, 0.25) is 0 Å². The number of carbonyl (C=O) groups excluding carboxylic acids is 2. The molecule has 0 amide bonds. The van der Waals surface area contributed by atoms with Crippen LogP contribution in [0.1, 0.15) is 85.5 Å². The van der Waals surface area contributed by atoms with E-state index >= 15 is 0 Å². The van der Waals surface area contributed by atoms with E-state index in [1.807, 2.05) is 0 Å². The summed E-state index contributed by atoms with van der Waals surface area (Å²) in [5.74, 6) is 1.87. The van der Waals surface area contributed by atoms with Crippen LogP contribution in [0.5, 0.6) is 0 Å². The van der Waals surface area contributed by atoms with Crippen molar-refractivity contribution in [2.75, 3.05) is 6.61 Å². The quantitative estimate of drug-likeness (QED) is 0.298. The minimum atomic E-state index is -0.361. The molecule has 0 heterocycles. The molecule has 0 aromatic rings. The monoisotopic (exact) mass is 390 g/mol. The van der Waals surface area contributed by atoms with Crippen molar-refractivity contribution in [2.45, 2.75) is 91.1 Å². The lowest BCUT2D eigenvalue weighted by Gasteiger charge is -2.65. The van der Waals surface area contributed by atoms with Crippen molar-refractivity contribution in [3.05, 3.63) is 12.2 Å². The minimum Gasteiger partial charge on any atom is -0.462 e. The average molecular weight is 391 g/mol. The molecule has 0 saturated heterocycles. The number of carbonyl (C=O) groups is 2. The molecule has 0 spiro atoms. The van der Waals surface area contributed by atoms with Gasteiger partial charge in [0, 0.05) is 23.8 Å². The Morgan fingerprint density at radius 3 is 2.32 bits per heavy atom. The second-order valence-electron chi connectivity index (χ2n) is 10.2. The Morgan fingerprint density at radius 2 is 1.79 bits per heavy atom. The summed E-state index contributed by atoms with van der Waals surface area (Å²) in [5, 5.41) is 0. The van der Waals surface area contributed by atoms with E-state index in [1.54, 1.807) is 6.92 Å². The normalized spacial score (nSPS) is 36.8. The summed E-state index contributed by atoms with van der Waals surface area (Å²) in [7, 11) is 0. The van der Waals surface area contributed by atoms with E-state index in [2.05, 4.69) is 27.4 Å². The first-order valence-corrected chi connectivity index (χ1v) is 11.2. The molecule has 0 aliphatic heterocycles. The Morgan fingerprint density at radius 1 is 1.14 bits per heavy atom. The number of unbranched alkanes of at least 4 members (excludes halogenated alkanes) is 1. The molecule has 4 nitrogen and oxygen atoms in total. The Hall–Kier alpha value is -1.32. The molecule has 4 bridgehead atoms. The molecule has 4 rings (SSSR count). The minimum absolute atomic E-state index is 0.0656. The van der Waals surface area contributed by atoms with Crippen LogP contribution >= 0.6 is 0 Å². The highest BCUT2D eigenvalue weighted by molar-refractivity contribution is 5.86. The molecule has 0 N–H and O–H groups in total. The van der Waals surface area contributed by atoms with Crippen LogP contribution in [0.25, 0.3) is 0 Å². The molecule has 3 atom stereocenters. The van der Waals surface area contributed by atoms with Crippen molar-refractivity contribution >= 4 is 11.9 Å². The van der Waals surface area contributed by atoms with E-state index in [0.717, 1.165) is 12.3 Å². The zero-order valence-electron chi connectivity index (χ0n) is 18.2. The largest absolute Gasteiger partial charge is 0.462 e. The van der Waals surface area contributed by atoms with E-state index < -0.39 is 0 Å². The SMILES string of the molecule is C=C(C)C(=O)OCCCCC(=O)OC1(C(C)CC)C2CC3CC1CC(C)(C3)C2. The van der Waals surface area contributed by atoms with Crippen molar-refractivity contribution in [2.24, 2.45) is 29.1 Å². The standard InChI is InChI=1S/C24H38O4/c1-6-17(4)24(19-11-18-12-20(24)15-23(5,13-18)14-19)28-21(25)9-7-8-10-27-22(26)16(2)3/h17-20H,2,6-15H2,1,3-5H3. The summed E-state index contributed by atoms with van der Waals surface area (Å²) in [6, 6.07) is 0. The fourth-order valence-electron chi connectivity index (χ4n) is 6.69. The maximum Gasteiger partial charge on any atom is 0.333 e. The maximum atomic E-state index is 12.8. The van der Waals surface area contributed by atoms with E-state index in [9.17, 15) is 9.59 Å². The molecule has 4 saturated carbocycles. The summed E-state index contributed by atoms with van der Waals surface area (Å²) in [6.45, 7) is 12.5. The molecule has 4 heteroatoms. The first-order chi connectivity index (χ1) is 13.2. The van der Waals surface area contributed by atoms with Crippen LogP contribution in [0, 0.1) is 29.1 Å². The van der Waals surface area contributed by atoms with Crippen LogP contribution < -0.4 is 0 Å². The molecule has 0 aromatic carbocycles. The highest BCUT2D eigenvalue weighted by Gasteiger charge is 2.64. The number of hydrogen-bond acceptors (Lipinski definition) is 4. The highest BCUT2D eigenvalue weighted by Crippen LogP contribution is 2.66. The molecule has 28 heavy (non-hydrogen) atoms. The summed E-state index contributed by atoms with van der Waals surface area (Å²) >= 11 is 0. The molecule has 0 aromatic heterocycles. The van der Waals surface area contributed by atoms with Gasteiger partial charge in [0.15, 0.2) is 0 Å². The Labute approximate surface area is 170 Å². The second kappa shape index (κ2) is 8.20. The van der Waals surface area contributed by atoms with Gasteiger partial charge in [-0.15, -0.1) is 0 Å². The van der Waals surface area contributed by atoms with Crippen molar-refractivity contribution in [3.8, 4) is 0 Å². The van der Waals surface area contributed by atoms with E-state index in [-0.39, 0.29) is 17.5 Å². The van der Waals surface area contributed by atoms with Gasteiger partial charge in [-0.3, -0.25) is 4.79 Å². The van der Waals surface area contributed by atoms with Gasteiger partial charge in [0.1, 0.15) is 5.60 Å². The molecule has 4 aliphatic carbocycles. The maximum absolute atomic E-state index is 12.8. The van der Waals surface area contributed by atoms with E-state index in [4.69, 9.17) is 9.47 Å². The fraction of sp³-hybridized carbons (Fsp3) is 0.833. The summed E-state index contributed by atoms with van der Waals surface area (Å²) < 4.78 is 11.5. The third-order valence-electron chi connectivity index (χ3n) is 7.80. The molecule has 158 valence electrons. The Kier molecular flexibility index (Phi) is 6.26. The smallest absolute Gasteiger partial charge is 0.333 e. The molecule has 4 aliphatic rings. The number of hydrogen-bond donors (Lipinski definition) is 0. The third-order valence-corrected chi connectivity index (χ3v) is 7.80. The lowest BCUT2D eigenvalue weighted by atomic mass is 9.43. The summed E-state index contributed by atoms with van der Waals surface area (Å²) in [5.41, 5.74) is 0.618. The van der Waals surface area contributed by atoms with Gasteiger partial charge in [-0.2, -0.15) is 0 Å². The number of esters is 2. The lowest BCUT2D eigenvalue weighted by molar-refractivity contribution is -0.240. The van der Waals surface area contributed by atoms with Crippen LogP contribution in [-0.4, -0.2) is 24.1 Å². The average Bonchev–Trinajstić information content (AvgIpc) is 2.62. The first kappa shape index (κ1) is 21.4. The predicted molar refractivity (Wildman–Crippen MR) is 110 cm³/mol. The Bertz CT molecular complexity index is 606. The first-order valence-electron chi connectivity index (χ1n) is 11.2. The van der Waals surface area contributed by atoms with Gasteiger partial charge in [-0.05, 0) is 75.5 Å². The molecule has 4 fully saturated rings. The van der Waals surface area contributed by atoms with Gasteiger partial charge < -0.3 is 9.47 Å². The molecular weight excluding hydrogens is 352 g/mol. The third kappa shape index (κ3) is 4.02. The zero-order valence-corrected chi connectivity index (χ0v) is 18.2. The van der Waals surface area contributed by atoms with Crippen molar-refractivity contribution in [3.63, 3.8) is 0 Å². The second-order valence-corrected chi connectivity index (χ2v) is 10.2. The van der Waals surface area contributed by atoms with Crippen LogP contribution in [-0.2, 0) is 19.1 Å². The van der Waals surface area contributed by atoms with Gasteiger partial charge in [-0.1, -0.05) is 27.4 Å². The molecule has 0 radical (unpaired) electrons. The van der Waals surface area contributed by atoms with Gasteiger partial charge in [-0.25, -0.2) is 4.79 Å². The Balaban J connectivity index is 1.57. The van der Waals surface area contributed by atoms with Crippen LogP contribution in [0.3, 0.4) is 0 Å². The lowest BCUT2D eigenvalue weighted by Crippen LogP contribution is -2.64. The molecular formula is C24H38O4. The van der Waals surface area contributed by atoms with Crippen LogP contribution in [0.2, 0.25) is 0 Å². The van der Waals surface area contributed by atoms with Crippen molar-refractivity contribution < 1.29 is 19.1 Å². The van der Waals surface area contributed by atoms with E-state index in [0.29, 0.717) is 54.6 Å².